The fourth-order valence-corrected chi connectivity index (χ4v) is 2.64. The van der Waals surface area contributed by atoms with Gasteiger partial charge in [-0.15, -0.1) is 0 Å². The molecule has 0 radical (unpaired) electrons. The van der Waals surface area contributed by atoms with Gasteiger partial charge in [0.2, 0.25) is 0 Å². The number of aromatic nitrogens is 4. The minimum absolute atomic E-state index is 0.0590. The predicted molar refractivity (Wildman–Crippen MR) is 86.0 cm³/mol. The molecule has 2 aromatic heterocycles. The van der Waals surface area contributed by atoms with Crippen molar-refractivity contribution in [3.05, 3.63) is 34.9 Å². The number of nitrogens with one attached hydrogen (secondary N) is 1. The molecule has 0 unspecified atom stereocenters. The van der Waals surface area contributed by atoms with Crippen molar-refractivity contribution in [2.45, 2.75) is 46.8 Å². The van der Waals surface area contributed by atoms with Crippen molar-refractivity contribution in [1.29, 1.82) is 0 Å². The van der Waals surface area contributed by atoms with Crippen LogP contribution in [0.5, 0.6) is 0 Å². The molecule has 0 aromatic carbocycles. The molecule has 6 nitrogen and oxygen atoms in total. The van der Waals surface area contributed by atoms with E-state index in [1.54, 1.807) is 22.5 Å². The zero-order valence-electron chi connectivity index (χ0n) is 13.4. The molecule has 0 bridgehead atoms. The molecule has 0 saturated heterocycles. The highest BCUT2D eigenvalue weighted by Gasteiger charge is 2.21. The molecule has 1 atom stereocenters. The zero-order chi connectivity index (χ0) is 16.3. The van der Waals surface area contributed by atoms with Crippen molar-refractivity contribution >= 4 is 17.5 Å². The van der Waals surface area contributed by atoms with Gasteiger partial charge in [0.15, 0.2) is 0 Å². The van der Waals surface area contributed by atoms with Crippen molar-refractivity contribution in [1.82, 2.24) is 24.9 Å². The van der Waals surface area contributed by atoms with Gasteiger partial charge in [0.25, 0.3) is 5.91 Å². The van der Waals surface area contributed by atoms with Gasteiger partial charge in [0, 0.05) is 25.0 Å². The Morgan fingerprint density at radius 2 is 2.09 bits per heavy atom. The van der Waals surface area contributed by atoms with Gasteiger partial charge in [-0.1, -0.05) is 25.4 Å². The van der Waals surface area contributed by atoms with Gasteiger partial charge in [-0.2, -0.15) is 10.2 Å². The molecular weight excluding hydrogens is 302 g/mol. The molecule has 0 aliphatic rings. The summed E-state index contributed by atoms with van der Waals surface area (Å²) >= 11 is 6.32. The first-order valence-electron chi connectivity index (χ1n) is 7.39. The number of aryl methyl sites for hydroxylation is 1. The molecule has 2 rings (SSSR count). The van der Waals surface area contributed by atoms with Crippen LogP contribution in [0.2, 0.25) is 5.15 Å². The lowest BCUT2D eigenvalue weighted by atomic mass is 10.2. The summed E-state index contributed by atoms with van der Waals surface area (Å²) in [5.74, 6) is 0.212. The third-order valence-electron chi connectivity index (χ3n) is 3.23. The van der Waals surface area contributed by atoms with Crippen molar-refractivity contribution in [3.8, 4) is 0 Å². The van der Waals surface area contributed by atoms with Crippen LogP contribution in [0, 0.1) is 12.8 Å². The summed E-state index contributed by atoms with van der Waals surface area (Å²) in [4.78, 5) is 12.4. The molecule has 7 heteroatoms. The third kappa shape index (κ3) is 3.88. The maximum absolute atomic E-state index is 12.4. The van der Waals surface area contributed by atoms with E-state index in [0.29, 0.717) is 35.4 Å². The van der Waals surface area contributed by atoms with Gasteiger partial charge >= 0.3 is 0 Å². The largest absolute Gasteiger partial charge is 0.348 e. The Hall–Kier alpha value is -1.82. The number of carbonyl (C=O) groups is 1. The number of hydrogen-bond donors (Lipinski definition) is 1. The smallest absolute Gasteiger partial charge is 0.256 e. The summed E-state index contributed by atoms with van der Waals surface area (Å²) in [6.45, 7) is 9.20. The number of nitrogens with zero attached hydrogens (tertiary/aromatic N) is 4. The van der Waals surface area contributed by atoms with Gasteiger partial charge in [-0.05, 0) is 25.8 Å². The topological polar surface area (TPSA) is 64.7 Å². The van der Waals surface area contributed by atoms with Crippen LogP contribution >= 0.6 is 11.6 Å². The highest BCUT2D eigenvalue weighted by molar-refractivity contribution is 6.33. The number of carbonyl (C=O) groups excluding carboxylic acids is 1. The molecule has 1 amide bonds. The average Bonchev–Trinajstić information content (AvgIpc) is 2.98. The van der Waals surface area contributed by atoms with E-state index < -0.39 is 0 Å². The Morgan fingerprint density at radius 1 is 1.36 bits per heavy atom. The third-order valence-corrected chi connectivity index (χ3v) is 3.61. The number of rotatable bonds is 6. The van der Waals surface area contributed by atoms with E-state index >= 15 is 0 Å². The summed E-state index contributed by atoms with van der Waals surface area (Å²) in [6.07, 6.45) is 3.58. The lowest BCUT2D eigenvalue weighted by Gasteiger charge is -2.14. The van der Waals surface area contributed by atoms with Gasteiger partial charge in [0.05, 0.1) is 17.8 Å². The molecule has 0 fully saturated rings. The Labute approximate surface area is 135 Å². The van der Waals surface area contributed by atoms with Crippen molar-refractivity contribution in [2.75, 3.05) is 0 Å². The SMILES string of the molecule is Cc1nn(CC(C)C)c(Cl)c1C(=O)N[C@@H](C)Cn1cccn1. The molecule has 22 heavy (non-hydrogen) atoms. The zero-order valence-corrected chi connectivity index (χ0v) is 14.1. The van der Waals surface area contributed by atoms with Gasteiger partial charge in [-0.3, -0.25) is 14.2 Å². The summed E-state index contributed by atoms with van der Waals surface area (Å²) in [7, 11) is 0. The normalized spacial score (nSPS) is 12.6. The van der Waals surface area contributed by atoms with Crippen LogP contribution in [-0.4, -0.2) is 31.5 Å². The van der Waals surface area contributed by atoms with Gasteiger partial charge in [0.1, 0.15) is 5.15 Å². The van der Waals surface area contributed by atoms with E-state index in [4.69, 9.17) is 11.6 Å². The first-order valence-corrected chi connectivity index (χ1v) is 7.77. The molecule has 2 heterocycles. The van der Waals surface area contributed by atoms with Crippen molar-refractivity contribution < 1.29 is 4.79 Å². The number of halogens is 1. The Kier molecular flexibility index (Phi) is 5.24. The molecule has 0 saturated carbocycles. The first kappa shape index (κ1) is 16.5. The molecule has 0 aliphatic carbocycles. The molecule has 0 aliphatic heterocycles. The average molecular weight is 324 g/mol. The molecule has 2 aromatic rings. The summed E-state index contributed by atoms with van der Waals surface area (Å²) in [5.41, 5.74) is 1.10. The van der Waals surface area contributed by atoms with Crippen LogP contribution in [0.15, 0.2) is 18.5 Å². The monoisotopic (exact) mass is 323 g/mol. The minimum Gasteiger partial charge on any atom is -0.348 e. The van der Waals surface area contributed by atoms with E-state index in [9.17, 15) is 4.79 Å². The second-order valence-corrected chi connectivity index (χ2v) is 6.29. The van der Waals surface area contributed by atoms with Gasteiger partial charge < -0.3 is 5.32 Å². The Bertz CT molecular complexity index is 633. The Morgan fingerprint density at radius 3 is 2.68 bits per heavy atom. The lowest BCUT2D eigenvalue weighted by molar-refractivity contribution is 0.0935. The number of amides is 1. The Balaban J connectivity index is 2.07. The number of hydrogen-bond acceptors (Lipinski definition) is 3. The van der Waals surface area contributed by atoms with Crippen LogP contribution in [0.1, 0.15) is 36.8 Å². The first-order chi connectivity index (χ1) is 10.4. The molecule has 120 valence electrons. The van der Waals surface area contributed by atoms with Crippen LogP contribution in [0.4, 0.5) is 0 Å². The van der Waals surface area contributed by atoms with Crippen LogP contribution in [0.25, 0.3) is 0 Å². The van der Waals surface area contributed by atoms with E-state index in [0.717, 1.165) is 0 Å². The van der Waals surface area contributed by atoms with E-state index in [2.05, 4.69) is 29.4 Å². The van der Waals surface area contributed by atoms with E-state index in [1.165, 1.54) is 0 Å². The molecule has 1 N–H and O–H groups in total. The summed E-state index contributed by atoms with van der Waals surface area (Å²) in [6, 6.07) is 1.79. The van der Waals surface area contributed by atoms with Crippen LogP contribution in [0.3, 0.4) is 0 Å². The maximum atomic E-state index is 12.4. The van der Waals surface area contributed by atoms with E-state index in [-0.39, 0.29) is 11.9 Å². The highest BCUT2D eigenvalue weighted by Crippen LogP contribution is 2.21. The van der Waals surface area contributed by atoms with Crippen LogP contribution < -0.4 is 5.32 Å². The quantitative estimate of drug-likeness (QED) is 0.888. The fourth-order valence-electron chi connectivity index (χ4n) is 2.31. The fraction of sp³-hybridized carbons (Fsp3) is 0.533. The van der Waals surface area contributed by atoms with E-state index in [1.807, 2.05) is 19.2 Å². The summed E-state index contributed by atoms with van der Waals surface area (Å²) < 4.78 is 3.47. The summed E-state index contributed by atoms with van der Waals surface area (Å²) in [5, 5.41) is 11.8. The predicted octanol–water partition coefficient (Wildman–Crippen LogP) is 2.52. The van der Waals surface area contributed by atoms with Crippen molar-refractivity contribution in [2.24, 2.45) is 5.92 Å². The standard InChI is InChI=1S/C15H22ClN5O/c1-10(2)8-21-14(16)13(12(4)19-21)15(22)18-11(3)9-20-7-5-6-17-20/h5-7,10-11H,8-9H2,1-4H3,(H,18,22)/t11-/m0/s1. The minimum atomic E-state index is -0.197. The maximum Gasteiger partial charge on any atom is 0.256 e. The van der Waals surface area contributed by atoms with Crippen molar-refractivity contribution in [3.63, 3.8) is 0 Å². The highest BCUT2D eigenvalue weighted by atomic mass is 35.5. The second kappa shape index (κ2) is 6.96. The molecular formula is C15H22ClN5O. The molecule has 0 spiro atoms. The second-order valence-electron chi connectivity index (χ2n) is 5.93. The van der Waals surface area contributed by atoms with Gasteiger partial charge in [-0.25, -0.2) is 0 Å². The lowest BCUT2D eigenvalue weighted by Crippen LogP contribution is -2.36. The van der Waals surface area contributed by atoms with Crippen LogP contribution in [-0.2, 0) is 13.1 Å².